The smallest absolute Gasteiger partial charge is 0.324 e. The standard InChI is InChI=1S/C15H16O4/c1-2-18-13(16)15-8-11-6-4-3-5-10(11)7-12(15)9-19-14(15)17/h3-6,12H,2,7-9H2,1H3/t12-,15+/m0/s1. The second-order valence-corrected chi connectivity index (χ2v) is 5.14. The van der Waals surface area contributed by atoms with Gasteiger partial charge in [0.25, 0.3) is 0 Å². The van der Waals surface area contributed by atoms with Crippen LogP contribution < -0.4 is 0 Å². The zero-order chi connectivity index (χ0) is 13.5. The molecule has 0 unspecified atom stereocenters. The molecule has 1 aromatic rings. The molecule has 0 bridgehead atoms. The van der Waals surface area contributed by atoms with Crippen LogP contribution in [-0.2, 0) is 31.9 Å². The van der Waals surface area contributed by atoms with Crippen molar-refractivity contribution in [2.24, 2.45) is 11.3 Å². The van der Waals surface area contributed by atoms with E-state index < -0.39 is 17.4 Å². The summed E-state index contributed by atoms with van der Waals surface area (Å²) in [5, 5.41) is 0. The number of rotatable bonds is 2. The van der Waals surface area contributed by atoms with Gasteiger partial charge < -0.3 is 9.47 Å². The topological polar surface area (TPSA) is 52.6 Å². The largest absolute Gasteiger partial charge is 0.465 e. The Labute approximate surface area is 111 Å². The Morgan fingerprint density at radius 1 is 1.42 bits per heavy atom. The lowest BCUT2D eigenvalue weighted by Crippen LogP contribution is -2.47. The van der Waals surface area contributed by atoms with Crippen molar-refractivity contribution in [3.63, 3.8) is 0 Å². The molecule has 1 heterocycles. The van der Waals surface area contributed by atoms with Crippen LogP contribution >= 0.6 is 0 Å². The van der Waals surface area contributed by atoms with Gasteiger partial charge in [-0.15, -0.1) is 0 Å². The summed E-state index contributed by atoms with van der Waals surface area (Å²) < 4.78 is 10.3. The molecule has 1 saturated heterocycles. The maximum atomic E-state index is 12.3. The normalized spacial score (nSPS) is 28.3. The molecule has 4 nitrogen and oxygen atoms in total. The molecule has 1 aromatic carbocycles. The monoisotopic (exact) mass is 260 g/mol. The zero-order valence-electron chi connectivity index (χ0n) is 10.8. The first-order valence-electron chi connectivity index (χ1n) is 6.59. The highest BCUT2D eigenvalue weighted by Crippen LogP contribution is 2.46. The van der Waals surface area contributed by atoms with E-state index in [0.29, 0.717) is 19.4 Å². The molecule has 100 valence electrons. The molecule has 0 spiro atoms. The molecule has 1 aliphatic heterocycles. The third-order valence-electron chi connectivity index (χ3n) is 4.17. The average molecular weight is 260 g/mol. The van der Waals surface area contributed by atoms with Crippen molar-refractivity contribution in [2.75, 3.05) is 13.2 Å². The van der Waals surface area contributed by atoms with Gasteiger partial charge in [-0.1, -0.05) is 24.3 Å². The van der Waals surface area contributed by atoms with Crippen LogP contribution in [0.3, 0.4) is 0 Å². The van der Waals surface area contributed by atoms with Crippen molar-refractivity contribution in [3.05, 3.63) is 35.4 Å². The highest BCUT2D eigenvalue weighted by atomic mass is 16.6. The van der Waals surface area contributed by atoms with Crippen molar-refractivity contribution in [1.82, 2.24) is 0 Å². The van der Waals surface area contributed by atoms with Crippen molar-refractivity contribution in [1.29, 1.82) is 0 Å². The Hall–Kier alpha value is -1.84. The van der Waals surface area contributed by atoms with E-state index in [-0.39, 0.29) is 12.5 Å². The van der Waals surface area contributed by atoms with E-state index in [9.17, 15) is 9.59 Å². The Bertz CT molecular complexity index is 537. The van der Waals surface area contributed by atoms with Crippen molar-refractivity contribution >= 4 is 11.9 Å². The molecule has 19 heavy (non-hydrogen) atoms. The first-order valence-corrected chi connectivity index (χ1v) is 6.59. The highest BCUT2D eigenvalue weighted by Gasteiger charge is 2.60. The summed E-state index contributed by atoms with van der Waals surface area (Å²) in [6, 6.07) is 7.93. The SMILES string of the molecule is CCOC(=O)[C@@]12Cc3ccccc3C[C@H]1COC2=O. The van der Waals surface area contributed by atoms with Crippen LogP contribution in [0.15, 0.2) is 24.3 Å². The summed E-state index contributed by atoms with van der Waals surface area (Å²) >= 11 is 0. The Balaban J connectivity index is 2.04. The summed E-state index contributed by atoms with van der Waals surface area (Å²) in [6.07, 6.45) is 1.09. The van der Waals surface area contributed by atoms with Gasteiger partial charge in [0.15, 0.2) is 5.41 Å². The zero-order valence-corrected chi connectivity index (χ0v) is 10.8. The third kappa shape index (κ3) is 1.66. The molecule has 2 aliphatic rings. The van der Waals surface area contributed by atoms with Crippen LogP contribution in [0.1, 0.15) is 18.1 Å². The van der Waals surface area contributed by atoms with Gasteiger partial charge in [-0.2, -0.15) is 0 Å². The molecule has 0 aromatic heterocycles. The van der Waals surface area contributed by atoms with E-state index in [2.05, 4.69) is 0 Å². The van der Waals surface area contributed by atoms with Gasteiger partial charge in [-0.05, 0) is 30.9 Å². The molecule has 0 radical (unpaired) electrons. The number of ether oxygens (including phenoxy) is 2. The minimum absolute atomic E-state index is 0.103. The molecule has 0 amide bonds. The predicted molar refractivity (Wildman–Crippen MR) is 67.4 cm³/mol. The summed E-state index contributed by atoms with van der Waals surface area (Å²) in [4.78, 5) is 24.4. The quantitative estimate of drug-likeness (QED) is 0.597. The molecule has 1 fully saturated rings. The minimum atomic E-state index is -1.12. The van der Waals surface area contributed by atoms with Crippen molar-refractivity contribution < 1.29 is 19.1 Å². The van der Waals surface area contributed by atoms with Crippen LogP contribution in [0.2, 0.25) is 0 Å². The molecule has 1 aliphatic carbocycles. The fourth-order valence-corrected chi connectivity index (χ4v) is 3.14. The van der Waals surface area contributed by atoms with E-state index in [1.54, 1.807) is 6.92 Å². The van der Waals surface area contributed by atoms with E-state index in [1.807, 2.05) is 24.3 Å². The number of carbonyl (C=O) groups excluding carboxylic acids is 2. The van der Waals surface area contributed by atoms with E-state index in [4.69, 9.17) is 9.47 Å². The van der Waals surface area contributed by atoms with Gasteiger partial charge >= 0.3 is 11.9 Å². The summed E-state index contributed by atoms with van der Waals surface area (Å²) in [5.41, 5.74) is 1.13. The Morgan fingerprint density at radius 3 is 2.89 bits per heavy atom. The van der Waals surface area contributed by atoms with Crippen molar-refractivity contribution in [2.45, 2.75) is 19.8 Å². The highest BCUT2D eigenvalue weighted by molar-refractivity contribution is 6.02. The molecule has 0 N–H and O–H groups in total. The van der Waals surface area contributed by atoms with Crippen LogP contribution in [0, 0.1) is 11.3 Å². The number of carbonyl (C=O) groups is 2. The van der Waals surface area contributed by atoms with Crippen LogP contribution in [0.5, 0.6) is 0 Å². The number of hydrogen-bond donors (Lipinski definition) is 0. The lowest BCUT2D eigenvalue weighted by Gasteiger charge is -2.33. The molecule has 4 heteroatoms. The molecular formula is C15H16O4. The van der Waals surface area contributed by atoms with Gasteiger partial charge in [0.2, 0.25) is 0 Å². The van der Waals surface area contributed by atoms with Crippen LogP contribution in [-0.4, -0.2) is 25.2 Å². The van der Waals surface area contributed by atoms with Crippen molar-refractivity contribution in [3.8, 4) is 0 Å². The predicted octanol–water partition coefficient (Wildman–Crippen LogP) is 1.51. The van der Waals surface area contributed by atoms with E-state index >= 15 is 0 Å². The van der Waals surface area contributed by atoms with E-state index in [1.165, 1.54) is 5.56 Å². The fourth-order valence-electron chi connectivity index (χ4n) is 3.14. The number of benzene rings is 1. The van der Waals surface area contributed by atoms with Gasteiger partial charge in [0, 0.05) is 5.92 Å². The number of hydrogen-bond acceptors (Lipinski definition) is 4. The third-order valence-corrected chi connectivity index (χ3v) is 4.17. The first-order chi connectivity index (χ1) is 9.18. The molecular weight excluding hydrogens is 244 g/mol. The second-order valence-electron chi connectivity index (χ2n) is 5.14. The Morgan fingerprint density at radius 2 is 2.16 bits per heavy atom. The second kappa shape index (κ2) is 4.37. The number of cyclic esters (lactones) is 1. The van der Waals surface area contributed by atoms with E-state index in [0.717, 1.165) is 5.56 Å². The molecule has 0 saturated carbocycles. The number of fused-ring (bicyclic) bond motifs is 2. The molecule has 2 atom stereocenters. The van der Waals surface area contributed by atoms with Gasteiger partial charge in [-0.3, -0.25) is 9.59 Å². The average Bonchev–Trinajstić information content (AvgIpc) is 2.75. The van der Waals surface area contributed by atoms with Gasteiger partial charge in [0.05, 0.1) is 13.2 Å². The summed E-state index contributed by atoms with van der Waals surface area (Å²) in [7, 11) is 0. The summed E-state index contributed by atoms with van der Waals surface area (Å²) in [5.74, 6) is -0.962. The summed E-state index contributed by atoms with van der Waals surface area (Å²) in [6.45, 7) is 2.34. The first kappa shape index (κ1) is 12.2. The lowest BCUT2D eigenvalue weighted by atomic mass is 9.66. The Kier molecular flexibility index (Phi) is 2.81. The maximum absolute atomic E-state index is 12.3. The lowest BCUT2D eigenvalue weighted by molar-refractivity contribution is -0.166. The minimum Gasteiger partial charge on any atom is -0.465 e. The van der Waals surface area contributed by atoms with Crippen LogP contribution in [0.25, 0.3) is 0 Å². The van der Waals surface area contributed by atoms with Crippen LogP contribution in [0.4, 0.5) is 0 Å². The number of esters is 2. The molecule has 3 rings (SSSR count). The van der Waals surface area contributed by atoms with Gasteiger partial charge in [0.1, 0.15) is 0 Å². The maximum Gasteiger partial charge on any atom is 0.324 e. The van der Waals surface area contributed by atoms with Gasteiger partial charge in [-0.25, -0.2) is 0 Å². The fraction of sp³-hybridized carbons (Fsp3) is 0.467.